The molecule has 0 unspecified atom stereocenters. The van der Waals surface area contributed by atoms with E-state index in [-0.39, 0.29) is 5.56 Å². The molecule has 1 saturated carbocycles. The van der Waals surface area contributed by atoms with Crippen LogP contribution in [0.5, 0.6) is 0 Å². The average molecular weight is 268 g/mol. The monoisotopic (exact) mass is 268 g/mol. The molecule has 1 aromatic heterocycles. The first-order valence-electron chi connectivity index (χ1n) is 7.42. The van der Waals surface area contributed by atoms with E-state index in [0.717, 1.165) is 29.9 Å². The molecular formula is C17H20N2O. The third-order valence-electron chi connectivity index (χ3n) is 4.21. The van der Waals surface area contributed by atoms with E-state index in [1.807, 2.05) is 37.3 Å². The molecule has 2 aromatic rings. The normalized spacial score (nSPS) is 16.2. The Morgan fingerprint density at radius 3 is 2.50 bits per heavy atom. The summed E-state index contributed by atoms with van der Waals surface area (Å²) in [5.41, 5.74) is 2.55. The molecule has 0 bridgehead atoms. The number of nitrogens with zero attached hydrogens (tertiary/aromatic N) is 1. The van der Waals surface area contributed by atoms with E-state index in [1.165, 1.54) is 19.3 Å². The van der Waals surface area contributed by atoms with Crippen LogP contribution in [0.3, 0.4) is 0 Å². The zero-order valence-corrected chi connectivity index (χ0v) is 11.9. The molecule has 0 saturated heterocycles. The molecule has 3 nitrogen and oxygen atoms in total. The largest absolute Gasteiger partial charge is 0.310 e. The predicted molar refractivity (Wildman–Crippen MR) is 80.9 cm³/mol. The predicted octanol–water partition coefficient (Wildman–Crippen LogP) is 3.79. The zero-order chi connectivity index (χ0) is 13.9. The number of aromatic nitrogens is 2. The van der Waals surface area contributed by atoms with Crippen LogP contribution < -0.4 is 5.56 Å². The van der Waals surface area contributed by atoms with E-state index >= 15 is 0 Å². The first-order valence-corrected chi connectivity index (χ1v) is 7.42. The molecule has 1 aromatic carbocycles. The Hall–Kier alpha value is -1.90. The van der Waals surface area contributed by atoms with Gasteiger partial charge in [0.1, 0.15) is 5.82 Å². The summed E-state index contributed by atoms with van der Waals surface area (Å²) in [7, 11) is 0. The fourth-order valence-corrected chi connectivity index (χ4v) is 3.00. The van der Waals surface area contributed by atoms with Gasteiger partial charge in [-0.3, -0.25) is 4.79 Å². The Morgan fingerprint density at radius 2 is 1.80 bits per heavy atom. The Balaban J connectivity index is 2.06. The van der Waals surface area contributed by atoms with E-state index in [9.17, 15) is 4.79 Å². The number of hydrogen-bond acceptors (Lipinski definition) is 2. The van der Waals surface area contributed by atoms with Crippen LogP contribution in [0.4, 0.5) is 0 Å². The highest BCUT2D eigenvalue weighted by Gasteiger charge is 2.19. The van der Waals surface area contributed by atoms with E-state index in [2.05, 4.69) is 4.98 Å². The van der Waals surface area contributed by atoms with E-state index in [1.54, 1.807) is 0 Å². The summed E-state index contributed by atoms with van der Waals surface area (Å²) in [4.78, 5) is 19.9. The van der Waals surface area contributed by atoms with Crippen molar-refractivity contribution in [3.05, 3.63) is 52.1 Å². The molecule has 0 radical (unpaired) electrons. The minimum atomic E-state index is -0.000531. The van der Waals surface area contributed by atoms with Crippen LogP contribution in [0.25, 0.3) is 11.3 Å². The van der Waals surface area contributed by atoms with Crippen molar-refractivity contribution in [2.75, 3.05) is 0 Å². The summed E-state index contributed by atoms with van der Waals surface area (Å²) in [6, 6.07) is 9.97. The summed E-state index contributed by atoms with van der Waals surface area (Å²) in [6.07, 6.45) is 6.06. The van der Waals surface area contributed by atoms with E-state index < -0.39 is 0 Å². The van der Waals surface area contributed by atoms with Crippen LogP contribution in [0.15, 0.2) is 35.1 Å². The molecular weight excluding hydrogens is 248 g/mol. The Labute approximate surface area is 119 Å². The smallest absolute Gasteiger partial charge is 0.254 e. The molecule has 104 valence electrons. The number of nitrogens with one attached hydrogen (secondary N) is 1. The summed E-state index contributed by atoms with van der Waals surface area (Å²) in [5.74, 6) is 1.29. The van der Waals surface area contributed by atoms with Crippen LogP contribution in [0.2, 0.25) is 0 Å². The van der Waals surface area contributed by atoms with Gasteiger partial charge < -0.3 is 4.98 Å². The van der Waals surface area contributed by atoms with Gasteiger partial charge in [-0.15, -0.1) is 0 Å². The highest BCUT2D eigenvalue weighted by molar-refractivity contribution is 5.62. The number of benzene rings is 1. The van der Waals surface area contributed by atoms with Gasteiger partial charge in [-0.05, 0) is 19.8 Å². The van der Waals surface area contributed by atoms with Gasteiger partial charge >= 0.3 is 0 Å². The molecule has 1 heterocycles. The molecule has 0 aliphatic heterocycles. The topological polar surface area (TPSA) is 45.8 Å². The van der Waals surface area contributed by atoms with Crippen molar-refractivity contribution >= 4 is 0 Å². The third kappa shape index (κ3) is 2.53. The highest BCUT2D eigenvalue weighted by Crippen LogP contribution is 2.31. The molecule has 20 heavy (non-hydrogen) atoms. The van der Waals surface area contributed by atoms with Crippen LogP contribution in [0.1, 0.15) is 49.4 Å². The van der Waals surface area contributed by atoms with E-state index in [0.29, 0.717) is 11.5 Å². The van der Waals surface area contributed by atoms with Crippen LogP contribution in [0, 0.1) is 6.92 Å². The molecule has 3 rings (SSSR count). The minimum Gasteiger partial charge on any atom is -0.310 e. The number of hydrogen-bond donors (Lipinski definition) is 1. The van der Waals surface area contributed by atoms with Gasteiger partial charge in [0.2, 0.25) is 0 Å². The van der Waals surface area contributed by atoms with Crippen LogP contribution in [-0.4, -0.2) is 9.97 Å². The number of H-pyrrole nitrogens is 1. The van der Waals surface area contributed by atoms with Crippen molar-refractivity contribution in [1.29, 1.82) is 0 Å². The number of rotatable bonds is 2. The minimum absolute atomic E-state index is 0.000531. The third-order valence-corrected chi connectivity index (χ3v) is 4.21. The second kappa shape index (κ2) is 5.61. The van der Waals surface area contributed by atoms with Crippen molar-refractivity contribution in [2.24, 2.45) is 0 Å². The van der Waals surface area contributed by atoms with Crippen LogP contribution in [-0.2, 0) is 0 Å². The summed E-state index contributed by atoms with van der Waals surface area (Å²) < 4.78 is 0. The highest BCUT2D eigenvalue weighted by atomic mass is 16.1. The van der Waals surface area contributed by atoms with Gasteiger partial charge in [0.25, 0.3) is 5.56 Å². The molecule has 1 aliphatic rings. The van der Waals surface area contributed by atoms with Gasteiger partial charge in [0.05, 0.1) is 5.69 Å². The number of aromatic amines is 1. The lowest BCUT2D eigenvalue weighted by molar-refractivity contribution is 0.428. The SMILES string of the molecule is Cc1c(-c2ccccc2)nc(C2CCCCC2)[nH]c1=O. The Morgan fingerprint density at radius 1 is 1.10 bits per heavy atom. The van der Waals surface area contributed by atoms with Crippen molar-refractivity contribution in [3.63, 3.8) is 0 Å². The summed E-state index contributed by atoms with van der Waals surface area (Å²) in [5, 5.41) is 0. The van der Waals surface area contributed by atoms with Gasteiger partial charge in [0, 0.05) is 17.0 Å². The standard InChI is InChI=1S/C17H20N2O/c1-12-15(13-8-4-2-5-9-13)18-16(19-17(12)20)14-10-6-3-7-11-14/h2,4-5,8-9,14H,3,6-7,10-11H2,1H3,(H,18,19,20). The van der Waals surface area contributed by atoms with E-state index in [4.69, 9.17) is 4.98 Å². The average Bonchev–Trinajstić information content (AvgIpc) is 2.51. The van der Waals surface area contributed by atoms with Gasteiger partial charge in [-0.2, -0.15) is 0 Å². The summed E-state index contributed by atoms with van der Waals surface area (Å²) >= 11 is 0. The molecule has 1 fully saturated rings. The quantitative estimate of drug-likeness (QED) is 0.900. The van der Waals surface area contributed by atoms with Gasteiger partial charge in [-0.25, -0.2) is 4.98 Å². The fourth-order valence-electron chi connectivity index (χ4n) is 3.00. The molecule has 3 heteroatoms. The second-order valence-corrected chi connectivity index (χ2v) is 5.63. The lowest BCUT2D eigenvalue weighted by Crippen LogP contribution is -2.19. The maximum absolute atomic E-state index is 12.2. The lowest BCUT2D eigenvalue weighted by atomic mass is 9.88. The molecule has 0 atom stereocenters. The van der Waals surface area contributed by atoms with Crippen molar-refractivity contribution in [3.8, 4) is 11.3 Å². The first-order chi connectivity index (χ1) is 9.75. The Bertz CT molecular complexity index is 640. The first kappa shape index (κ1) is 13.1. The van der Waals surface area contributed by atoms with Crippen molar-refractivity contribution in [1.82, 2.24) is 9.97 Å². The van der Waals surface area contributed by atoms with Crippen LogP contribution >= 0.6 is 0 Å². The molecule has 1 N–H and O–H groups in total. The maximum atomic E-state index is 12.2. The summed E-state index contributed by atoms with van der Waals surface area (Å²) in [6.45, 7) is 1.85. The molecule has 1 aliphatic carbocycles. The molecule has 0 spiro atoms. The second-order valence-electron chi connectivity index (χ2n) is 5.63. The zero-order valence-electron chi connectivity index (χ0n) is 11.9. The maximum Gasteiger partial charge on any atom is 0.254 e. The molecule has 0 amide bonds. The fraction of sp³-hybridized carbons (Fsp3) is 0.412. The van der Waals surface area contributed by atoms with Crippen molar-refractivity contribution < 1.29 is 0 Å². The Kier molecular flexibility index (Phi) is 3.68. The lowest BCUT2D eigenvalue weighted by Gasteiger charge is -2.21. The van der Waals surface area contributed by atoms with Gasteiger partial charge in [-0.1, -0.05) is 49.6 Å². The van der Waals surface area contributed by atoms with Gasteiger partial charge in [0.15, 0.2) is 0 Å². The van der Waals surface area contributed by atoms with Crippen molar-refractivity contribution in [2.45, 2.75) is 44.9 Å².